The zero-order valence-electron chi connectivity index (χ0n) is 12.2. The molecule has 2 unspecified atom stereocenters. The maximum atomic E-state index is 11.9. The summed E-state index contributed by atoms with van der Waals surface area (Å²) in [7, 11) is 1.34. The van der Waals surface area contributed by atoms with E-state index in [1.165, 1.54) is 7.11 Å². The Kier molecular flexibility index (Phi) is 6.18. The smallest absolute Gasteiger partial charge is 0.314 e. The number of ether oxygens (including phenoxy) is 1. The lowest BCUT2D eigenvalue weighted by molar-refractivity contribution is -0.142. The van der Waals surface area contributed by atoms with Crippen LogP contribution in [-0.4, -0.2) is 32.1 Å². The molecule has 0 aliphatic rings. The van der Waals surface area contributed by atoms with Crippen LogP contribution in [0.5, 0.6) is 0 Å². The molecule has 0 radical (unpaired) electrons. The number of amides is 1. The predicted octanol–water partition coefficient (Wildman–Crippen LogP) is 0.963. The van der Waals surface area contributed by atoms with Crippen LogP contribution in [0.15, 0.2) is 24.3 Å². The average Bonchev–Trinajstić information content (AvgIpc) is 2.47. The van der Waals surface area contributed by atoms with E-state index in [-0.39, 0.29) is 30.9 Å². The van der Waals surface area contributed by atoms with Crippen molar-refractivity contribution in [2.75, 3.05) is 20.2 Å². The number of methoxy groups -OCH3 is 1. The van der Waals surface area contributed by atoms with Gasteiger partial charge < -0.3 is 15.8 Å². The Morgan fingerprint density at radius 2 is 1.90 bits per heavy atom. The number of benzene rings is 1. The third-order valence-corrected chi connectivity index (χ3v) is 3.25. The number of carbonyl (C=O) groups excluding carboxylic acids is 2. The highest BCUT2D eigenvalue weighted by Gasteiger charge is 2.23. The van der Waals surface area contributed by atoms with Crippen LogP contribution in [0, 0.1) is 12.8 Å². The SMILES string of the molecule is COC(=O)C(CNC(=O)C(C)CN)c1ccc(C)cc1. The van der Waals surface area contributed by atoms with Crippen LogP contribution < -0.4 is 11.1 Å². The Balaban J connectivity index is 2.78. The number of nitrogens with one attached hydrogen (secondary N) is 1. The highest BCUT2D eigenvalue weighted by atomic mass is 16.5. The van der Waals surface area contributed by atoms with Crippen molar-refractivity contribution in [3.8, 4) is 0 Å². The lowest BCUT2D eigenvalue weighted by Gasteiger charge is -2.17. The molecule has 5 nitrogen and oxygen atoms in total. The number of aryl methyl sites for hydroxylation is 1. The van der Waals surface area contributed by atoms with Crippen molar-refractivity contribution in [3.63, 3.8) is 0 Å². The van der Waals surface area contributed by atoms with Gasteiger partial charge in [-0.3, -0.25) is 9.59 Å². The molecule has 0 bridgehead atoms. The van der Waals surface area contributed by atoms with E-state index in [4.69, 9.17) is 10.5 Å². The molecule has 1 rings (SSSR count). The van der Waals surface area contributed by atoms with Crippen LogP contribution in [0.1, 0.15) is 24.0 Å². The number of nitrogens with two attached hydrogens (primary N) is 1. The summed E-state index contributed by atoms with van der Waals surface area (Å²) in [5.41, 5.74) is 7.37. The van der Waals surface area contributed by atoms with Gasteiger partial charge in [-0.25, -0.2) is 0 Å². The quantitative estimate of drug-likeness (QED) is 0.759. The Hall–Kier alpha value is -1.88. The molecule has 20 heavy (non-hydrogen) atoms. The van der Waals surface area contributed by atoms with Crippen LogP contribution in [0.25, 0.3) is 0 Å². The van der Waals surface area contributed by atoms with Crippen LogP contribution >= 0.6 is 0 Å². The molecule has 0 spiro atoms. The van der Waals surface area contributed by atoms with Gasteiger partial charge in [-0.2, -0.15) is 0 Å². The third kappa shape index (κ3) is 4.35. The molecule has 110 valence electrons. The molecular formula is C15H22N2O3. The summed E-state index contributed by atoms with van der Waals surface area (Å²) < 4.78 is 4.80. The van der Waals surface area contributed by atoms with Crippen molar-refractivity contribution in [2.45, 2.75) is 19.8 Å². The predicted molar refractivity (Wildman–Crippen MR) is 77.2 cm³/mol. The first kappa shape index (κ1) is 16.2. The first-order valence-electron chi connectivity index (χ1n) is 6.61. The summed E-state index contributed by atoms with van der Waals surface area (Å²) in [6.07, 6.45) is 0. The Morgan fingerprint density at radius 1 is 1.30 bits per heavy atom. The van der Waals surface area contributed by atoms with Crippen molar-refractivity contribution in [3.05, 3.63) is 35.4 Å². The van der Waals surface area contributed by atoms with Crippen molar-refractivity contribution >= 4 is 11.9 Å². The van der Waals surface area contributed by atoms with Crippen molar-refractivity contribution in [1.29, 1.82) is 0 Å². The van der Waals surface area contributed by atoms with Crippen molar-refractivity contribution in [1.82, 2.24) is 5.32 Å². The molecule has 0 aliphatic carbocycles. The summed E-state index contributed by atoms with van der Waals surface area (Å²) in [5, 5.41) is 2.74. The molecule has 0 fully saturated rings. The molecule has 1 aromatic rings. The number of hydrogen-bond donors (Lipinski definition) is 2. The van der Waals surface area contributed by atoms with Gasteiger partial charge in [-0.1, -0.05) is 36.8 Å². The second-order valence-corrected chi connectivity index (χ2v) is 4.87. The molecular weight excluding hydrogens is 256 g/mol. The zero-order chi connectivity index (χ0) is 15.1. The van der Waals surface area contributed by atoms with Gasteiger partial charge in [0.25, 0.3) is 0 Å². The highest BCUT2D eigenvalue weighted by Crippen LogP contribution is 2.17. The van der Waals surface area contributed by atoms with E-state index >= 15 is 0 Å². The third-order valence-electron chi connectivity index (χ3n) is 3.25. The van der Waals surface area contributed by atoms with E-state index in [9.17, 15) is 9.59 Å². The minimum Gasteiger partial charge on any atom is -0.468 e. The van der Waals surface area contributed by atoms with Gasteiger partial charge in [0.2, 0.25) is 5.91 Å². The van der Waals surface area contributed by atoms with Crippen LogP contribution in [0.3, 0.4) is 0 Å². The number of hydrogen-bond acceptors (Lipinski definition) is 4. The summed E-state index contributed by atoms with van der Waals surface area (Å²) >= 11 is 0. The van der Waals surface area contributed by atoms with Gasteiger partial charge >= 0.3 is 5.97 Å². The summed E-state index contributed by atoms with van der Waals surface area (Å²) in [6.45, 7) is 4.20. The molecule has 2 atom stereocenters. The maximum Gasteiger partial charge on any atom is 0.314 e. The molecule has 1 aromatic carbocycles. The van der Waals surface area contributed by atoms with E-state index in [1.54, 1.807) is 6.92 Å². The van der Waals surface area contributed by atoms with Gasteiger partial charge in [0.15, 0.2) is 0 Å². The second kappa shape index (κ2) is 7.65. The molecule has 0 aliphatic heterocycles. The maximum absolute atomic E-state index is 11.9. The molecule has 0 aromatic heterocycles. The highest BCUT2D eigenvalue weighted by molar-refractivity contribution is 5.82. The van der Waals surface area contributed by atoms with Crippen LogP contribution in [0.4, 0.5) is 0 Å². The number of carbonyl (C=O) groups is 2. The molecule has 0 heterocycles. The number of esters is 1. The first-order chi connectivity index (χ1) is 9.49. The minimum absolute atomic E-state index is 0.159. The van der Waals surface area contributed by atoms with Crippen LogP contribution in [0.2, 0.25) is 0 Å². The molecule has 5 heteroatoms. The Labute approximate surface area is 119 Å². The van der Waals surface area contributed by atoms with Gasteiger partial charge in [-0.05, 0) is 12.5 Å². The molecule has 3 N–H and O–H groups in total. The molecule has 0 saturated heterocycles. The largest absolute Gasteiger partial charge is 0.468 e. The summed E-state index contributed by atoms with van der Waals surface area (Å²) in [5.74, 6) is -1.30. The minimum atomic E-state index is -0.505. The fourth-order valence-corrected chi connectivity index (χ4v) is 1.76. The Bertz CT molecular complexity index is 457. The zero-order valence-corrected chi connectivity index (χ0v) is 12.2. The molecule has 1 amide bonds. The molecule has 0 saturated carbocycles. The van der Waals surface area contributed by atoms with Gasteiger partial charge in [0.05, 0.1) is 13.0 Å². The monoisotopic (exact) mass is 278 g/mol. The second-order valence-electron chi connectivity index (χ2n) is 4.87. The van der Waals surface area contributed by atoms with E-state index in [0.717, 1.165) is 11.1 Å². The lowest BCUT2D eigenvalue weighted by atomic mass is 9.98. The van der Waals surface area contributed by atoms with E-state index in [0.29, 0.717) is 0 Å². The Morgan fingerprint density at radius 3 is 2.40 bits per heavy atom. The van der Waals surface area contributed by atoms with E-state index < -0.39 is 5.92 Å². The van der Waals surface area contributed by atoms with E-state index in [1.807, 2.05) is 31.2 Å². The summed E-state index contributed by atoms with van der Waals surface area (Å²) in [4.78, 5) is 23.6. The van der Waals surface area contributed by atoms with Gasteiger partial charge in [-0.15, -0.1) is 0 Å². The fourth-order valence-electron chi connectivity index (χ4n) is 1.76. The number of rotatable bonds is 6. The van der Waals surface area contributed by atoms with Crippen LogP contribution in [-0.2, 0) is 14.3 Å². The fraction of sp³-hybridized carbons (Fsp3) is 0.467. The average molecular weight is 278 g/mol. The van der Waals surface area contributed by atoms with E-state index in [2.05, 4.69) is 5.32 Å². The first-order valence-corrected chi connectivity index (χ1v) is 6.61. The summed E-state index contributed by atoms with van der Waals surface area (Å²) in [6, 6.07) is 7.59. The standard InChI is InChI=1S/C15H22N2O3/c1-10-4-6-12(7-5-10)13(15(19)20-3)9-17-14(18)11(2)8-16/h4-7,11,13H,8-9,16H2,1-3H3,(H,17,18). The topological polar surface area (TPSA) is 81.4 Å². The van der Waals surface area contributed by atoms with Crippen molar-refractivity contribution < 1.29 is 14.3 Å². The van der Waals surface area contributed by atoms with Gasteiger partial charge in [0.1, 0.15) is 0 Å². The lowest BCUT2D eigenvalue weighted by Crippen LogP contribution is -2.37. The normalized spacial score (nSPS) is 13.4. The van der Waals surface area contributed by atoms with Gasteiger partial charge in [0, 0.05) is 19.0 Å². The van der Waals surface area contributed by atoms with Crippen molar-refractivity contribution in [2.24, 2.45) is 11.7 Å².